The number of carbonyl (C=O) groups is 3. The lowest BCUT2D eigenvalue weighted by molar-refractivity contribution is 0.0518. The number of Topliss-reactive ketones (excluding diaryl/α,β-unsaturated/α-hetero) is 1. The van der Waals surface area contributed by atoms with E-state index in [-0.39, 0.29) is 24.7 Å². The first kappa shape index (κ1) is 19.2. The van der Waals surface area contributed by atoms with Gasteiger partial charge in [-0.3, -0.25) is 4.79 Å². The summed E-state index contributed by atoms with van der Waals surface area (Å²) in [7, 11) is 1.29. The van der Waals surface area contributed by atoms with Gasteiger partial charge in [0, 0.05) is 11.3 Å². The maximum Gasteiger partial charge on any atom is 0.355 e. The third kappa shape index (κ3) is 4.11. The summed E-state index contributed by atoms with van der Waals surface area (Å²) in [4.78, 5) is 38.9. The van der Waals surface area contributed by atoms with E-state index in [1.54, 1.807) is 39.0 Å². The molecule has 0 spiro atoms. The topological polar surface area (TPSA) is 94.7 Å². The van der Waals surface area contributed by atoms with E-state index in [9.17, 15) is 14.4 Å². The van der Waals surface area contributed by atoms with Crippen molar-refractivity contribution in [3.8, 4) is 5.75 Å². The van der Waals surface area contributed by atoms with Crippen molar-refractivity contribution in [3.05, 3.63) is 52.3 Å². The van der Waals surface area contributed by atoms with E-state index in [0.29, 0.717) is 28.1 Å². The van der Waals surface area contributed by atoms with Crippen LogP contribution in [-0.4, -0.2) is 43.0 Å². The first-order chi connectivity index (χ1) is 12.4. The molecule has 0 bridgehead atoms. The summed E-state index contributed by atoms with van der Waals surface area (Å²) in [6.45, 7) is 5.12. The fraction of sp³-hybridized carbons (Fsp3) is 0.316. The summed E-state index contributed by atoms with van der Waals surface area (Å²) >= 11 is 0. The minimum Gasteiger partial charge on any atom is -0.485 e. The second-order valence-corrected chi connectivity index (χ2v) is 5.58. The molecular formula is C19H21NO6. The third-order valence-electron chi connectivity index (χ3n) is 3.82. The molecule has 0 aliphatic rings. The number of ketones is 1. The van der Waals surface area contributed by atoms with Crippen LogP contribution in [-0.2, 0) is 9.47 Å². The Hall–Kier alpha value is -3.09. The van der Waals surface area contributed by atoms with Gasteiger partial charge in [0.15, 0.2) is 6.61 Å². The van der Waals surface area contributed by atoms with Crippen molar-refractivity contribution >= 4 is 17.7 Å². The van der Waals surface area contributed by atoms with Gasteiger partial charge >= 0.3 is 11.9 Å². The second kappa shape index (κ2) is 8.33. The van der Waals surface area contributed by atoms with E-state index in [1.165, 1.54) is 13.2 Å². The van der Waals surface area contributed by atoms with E-state index in [0.717, 1.165) is 0 Å². The fourth-order valence-electron chi connectivity index (χ4n) is 2.63. The van der Waals surface area contributed by atoms with E-state index >= 15 is 0 Å². The Morgan fingerprint density at radius 3 is 2.50 bits per heavy atom. The molecule has 0 saturated heterocycles. The summed E-state index contributed by atoms with van der Waals surface area (Å²) in [5.41, 5.74) is 2.09. The Bertz CT molecular complexity index is 837. The second-order valence-electron chi connectivity index (χ2n) is 5.58. The SMILES string of the molecule is CCOC(=O)c1[nH]c(C)c(C(=O)COc2cccc(C(=O)OC)c2)c1C. The van der Waals surface area contributed by atoms with Gasteiger partial charge in [0.05, 0.1) is 19.3 Å². The number of hydrogen-bond donors (Lipinski definition) is 1. The van der Waals surface area contributed by atoms with Crippen LogP contribution < -0.4 is 4.74 Å². The normalized spacial score (nSPS) is 10.3. The van der Waals surface area contributed by atoms with Crippen LogP contribution in [0.5, 0.6) is 5.75 Å². The molecule has 0 saturated carbocycles. The minimum atomic E-state index is -0.501. The van der Waals surface area contributed by atoms with Gasteiger partial charge in [0.1, 0.15) is 11.4 Å². The van der Waals surface area contributed by atoms with Crippen LogP contribution in [0.1, 0.15) is 49.4 Å². The molecule has 0 aliphatic heterocycles. The zero-order valence-corrected chi connectivity index (χ0v) is 15.2. The smallest absolute Gasteiger partial charge is 0.355 e. The molecule has 1 aromatic heterocycles. The van der Waals surface area contributed by atoms with Crippen LogP contribution in [0.15, 0.2) is 24.3 Å². The lowest BCUT2D eigenvalue weighted by Crippen LogP contribution is -2.14. The van der Waals surface area contributed by atoms with E-state index < -0.39 is 11.9 Å². The van der Waals surface area contributed by atoms with Crippen LogP contribution in [0.2, 0.25) is 0 Å². The number of esters is 2. The molecule has 1 N–H and O–H groups in total. The number of aromatic amines is 1. The molecule has 2 aromatic rings. The average Bonchev–Trinajstić information content (AvgIpc) is 2.94. The Balaban J connectivity index is 2.14. The highest BCUT2D eigenvalue weighted by Crippen LogP contribution is 2.20. The molecule has 0 fully saturated rings. The molecule has 26 heavy (non-hydrogen) atoms. The molecule has 1 heterocycles. The lowest BCUT2D eigenvalue weighted by atomic mass is 10.1. The highest BCUT2D eigenvalue weighted by Gasteiger charge is 2.23. The number of ether oxygens (including phenoxy) is 3. The van der Waals surface area contributed by atoms with E-state index in [1.807, 2.05) is 0 Å². The van der Waals surface area contributed by atoms with Crippen molar-refractivity contribution in [2.24, 2.45) is 0 Å². The van der Waals surface area contributed by atoms with Gasteiger partial charge in [0.25, 0.3) is 0 Å². The molecular weight excluding hydrogens is 338 g/mol. The van der Waals surface area contributed by atoms with E-state index in [4.69, 9.17) is 9.47 Å². The number of benzene rings is 1. The number of rotatable bonds is 7. The first-order valence-electron chi connectivity index (χ1n) is 8.09. The number of nitrogens with one attached hydrogen (secondary N) is 1. The van der Waals surface area contributed by atoms with Gasteiger partial charge in [0.2, 0.25) is 5.78 Å². The zero-order valence-electron chi connectivity index (χ0n) is 15.2. The van der Waals surface area contributed by atoms with Crippen LogP contribution >= 0.6 is 0 Å². The summed E-state index contributed by atoms with van der Waals surface area (Å²) in [5, 5.41) is 0. The van der Waals surface area contributed by atoms with Gasteiger partial charge in [-0.15, -0.1) is 0 Å². The van der Waals surface area contributed by atoms with Crippen LogP contribution in [0.25, 0.3) is 0 Å². The van der Waals surface area contributed by atoms with Crippen molar-refractivity contribution in [2.45, 2.75) is 20.8 Å². The van der Waals surface area contributed by atoms with Gasteiger partial charge in [-0.05, 0) is 44.5 Å². The Morgan fingerprint density at radius 1 is 1.12 bits per heavy atom. The van der Waals surface area contributed by atoms with Gasteiger partial charge in [-0.25, -0.2) is 9.59 Å². The third-order valence-corrected chi connectivity index (χ3v) is 3.82. The summed E-state index contributed by atoms with van der Waals surface area (Å²) in [6, 6.07) is 6.37. The molecule has 0 aliphatic carbocycles. The molecule has 7 heteroatoms. The largest absolute Gasteiger partial charge is 0.485 e. The molecule has 2 rings (SSSR count). The highest BCUT2D eigenvalue weighted by atomic mass is 16.5. The summed E-state index contributed by atoms with van der Waals surface area (Å²) in [6.07, 6.45) is 0. The minimum absolute atomic E-state index is 0.230. The standard InChI is InChI=1S/C19H21NO6/c1-5-25-19(23)17-11(2)16(12(3)20-17)15(21)10-26-14-8-6-7-13(9-14)18(22)24-4/h6-9,20H,5,10H2,1-4H3. The number of aromatic nitrogens is 1. The fourth-order valence-corrected chi connectivity index (χ4v) is 2.63. The maximum atomic E-state index is 12.5. The average molecular weight is 359 g/mol. The summed E-state index contributed by atoms with van der Waals surface area (Å²) in [5.74, 6) is -0.898. The molecule has 7 nitrogen and oxygen atoms in total. The van der Waals surface area contributed by atoms with Gasteiger partial charge in [-0.1, -0.05) is 6.07 Å². The molecule has 0 amide bonds. The Labute approximate surface area is 151 Å². The van der Waals surface area contributed by atoms with Gasteiger partial charge < -0.3 is 19.2 Å². The predicted molar refractivity (Wildman–Crippen MR) is 93.8 cm³/mol. The number of carbonyl (C=O) groups excluding carboxylic acids is 3. The Kier molecular flexibility index (Phi) is 6.16. The molecule has 138 valence electrons. The number of methoxy groups -OCH3 is 1. The van der Waals surface area contributed by atoms with E-state index in [2.05, 4.69) is 9.72 Å². The quantitative estimate of drug-likeness (QED) is 0.603. The zero-order chi connectivity index (χ0) is 19.3. The molecule has 0 unspecified atom stereocenters. The summed E-state index contributed by atoms with van der Waals surface area (Å²) < 4.78 is 15.1. The van der Waals surface area contributed by atoms with Crippen molar-refractivity contribution in [2.75, 3.05) is 20.3 Å². The van der Waals surface area contributed by atoms with Crippen molar-refractivity contribution in [1.29, 1.82) is 0 Å². The maximum absolute atomic E-state index is 12.5. The molecule has 0 atom stereocenters. The lowest BCUT2D eigenvalue weighted by Gasteiger charge is -2.07. The van der Waals surface area contributed by atoms with Crippen molar-refractivity contribution in [3.63, 3.8) is 0 Å². The highest BCUT2D eigenvalue weighted by molar-refractivity contribution is 6.03. The molecule has 1 aromatic carbocycles. The monoisotopic (exact) mass is 359 g/mol. The predicted octanol–water partition coefficient (Wildman–Crippen LogP) is 2.86. The van der Waals surface area contributed by atoms with Crippen molar-refractivity contribution in [1.82, 2.24) is 4.98 Å². The van der Waals surface area contributed by atoms with Crippen LogP contribution in [0, 0.1) is 13.8 Å². The van der Waals surface area contributed by atoms with Crippen molar-refractivity contribution < 1.29 is 28.6 Å². The molecule has 0 radical (unpaired) electrons. The number of hydrogen-bond acceptors (Lipinski definition) is 6. The number of aryl methyl sites for hydroxylation is 1. The number of H-pyrrole nitrogens is 1. The van der Waals surface area contributed by atoms with Gasteiger partial charge in [-0.2, -0.15) is 0 Å². The first-order valence-corrected chi connectivity index (χ1v) is 8.09. The Morgan fingerprint density at radius 2 is 1.85 bits per heavy atom. The van der Waals surface area contributed by atoms with Crippen LogP contribution in [0.3, 0.4) is 0 Å². The van der Waals surface area contributed by atoms with Crippen LogP contribution in [0.4, 0.5) is 0 Å².